The average molecular weight is 288 g/mol. The first-order valence-corrected chi connectivity index (χ1v) is 5.75. The summed E-state index contributed by atoms with van der Waals surface area (Å²) in [4.78, 5) is 0. The minimum absolute atomic E-state index is 0.177. The number of aryl methyl sites for hydroxylation is 1. The molecule has 0 heterocycles. The first-order chi connectivity index (χ1) is 10.0. The lowest BCUT2D eigenvalue weighted by atomic mass is 10.1. The lowest BCUT2D eigenvalue weighted by Crippen LogP contribution is -2.07. The van der Waals surface area contributed by atoms with Gasteiger partial charge in [-0.05, 0) is 30.7 Å². The molecule has 0 spiro atoms. The van der Waals surface area contributed by atoms with E-state index in [2.05, 4.69) is 5.32 Å². The van der Waals surface area contributed by atoms with Gasteiger partial charge in [0.05, 0.1) is 0 Å². The number of nitriles is 3. The second kappa shape index (κ2) is 7.47. The van der Waals surface area contributed by atoms with Crippen molar-refractivity contribution in [3.05, 3.63) is 35.0 Å². The van der Waals surface area contributed by atoms with Gasteiger partial charge in [-0.25, -0.2) is 8.78 Å². The van der Waals surface area contributed by atoms with Crippen molar-refractivity contribution in [3.8, 4) is 24.0 Å². The topological polar surface area (TPSA) is 92.6 Å². The number of nitrogens with one attached hydrogen (secondary N) is 1. The van der Waals surface area contributed by atoms with Crippen molar-refractivity contribution in [2.45, 2.75) is 13.3 Å². The van der Waals surface area contributed by atoms with Gasteiger partial charge in [-0.2, -0.15) is 15.8 Å². The molecule has 0 aromatic heterocycles. The van der Waals surface area contributed by atoms with Crippen LogP contribution < -0.4 is 10.1 Å². The summed E-state index contributed by atoms with van der Waals surface area (Å²) >= 11 is 0. The number of anilines is 1. The second-order valence-electron chi connectivity index (χ2n) is 3.89. The Morgan fingerprint density at radius 2 is 1.90 bits per heavy atom. The third-order valence-electron chi connectivity index (χ3n) is 2.42. The molecule has 1 rings (SSSR count). The number of rotatable bonds is 5. The fourth-order valence-electron chi connectivity index (χ4n) is 1.44. The summed E-state index contributed by atoms with van der Waals surface area (Å²) in [6, 6.07) is 9.43. The summed E-state index contributed by atoms with van der Waals surface area (Å²) in [5.74, 6) is 0.265. The summed E-state index contributed by atoms with van der Waals surface area (Å²) in [6.45, 7) is 0.966. The van der Waals surface area contributed by atoms with Gasteiger partial charge in [0.15, 0.2) is 5.57 Å². The molecule has 0 saturated carbocycles. The largest absolute Gasteiger partial charge is 0.488 e. The number of allylic oxidation sites excluding steroid dienone is 2. The van der Waals surface area contributed by atoms with Crippen LogP contribution in [0.15, 0.2) is 29.5 Å². The molecular weight excluding hydrogens is 278 g/mol. The molecule has 0 saturated heterocycles. The van der Waals surface area contributed by atoms with Gasteiger partial charge in [0.25, 0.3) is 6.43 Å². The van der Waals surface area contributed by atoms with Gasteiger partial charge >= 0.3 is 0 Å². The number of hydrogen-bond acceptors (Lipinski definition) is 5. The normalized spacial score (nSPS) is 9.19. The fraction of sp³-hybridized carbons (Fsp3) is 0.214. The summed E-state index contributed by atoms with van der Waals surface area (Å²) in [5.41, 5.74) is 0.572. The number of benzene rings is 1. The van der Waals surface area contributed by atoms with Crippen LogP contribution in [0.3, 0.4) is 0 Å². The van der Waals surface area contributed by atoms with Gasteiger partial charge in [0.2, 0.25) is 0 Å². The standard InChI is InChI=1S/C14H10F2N4O/c1-9-4-11(21-8-14(15)16)2-3-12(9)20-13(7-19)10(5-17)6-18/h2-4,14,20H,8H2,1H3. The maximum absolute atomic E-state index is 12.0. The Morgan fingerprint density at radius 3 is 2.38 bits per heavy atom. The van der Waals surface area contributed by atoms with E-state index >= 15 is 0 Å². The third-order valence-corrected chi connectivity index (χ3v) is 2.42. The smallest absolute Gasteiger partial charge is 0.272 e. The molecule has 0 fully saturated rings. The maximum Gasteiger partial charge on any atom is 0.272 e. The van der Waals surface area contributed by atoms with Crippen molar-refractivity contribution >= 4 is 5.69 Å². The van der Waals surface area contributed by atoms with Crippen molar-refractivity contribution in [2.24, 2.45) is 0 Å². The zero-order chi connectivity index (χ0) is 15.8. The summed E-state index contributed by atoms with van der Waals surface area (Å²) in [5, 5.41) is 29.0. The molecule has 106 valence electrons. The van der Waals surface area contributed by atoms with Crippen LogP contribution in [-0.4, -0.2) is 13.0 Å². The molecule has 1 aromatic carbocycles. The Morgan fingerprint density at radius 1 is 1.24 bits per heavy atom. The Kier molecular flexibility index (Phi) is 5.67. The number of alkyl halides is 2. The number of hydrogen-bond donors (Lipinski definition) is 1. The van der Waals surface area contributed by atoms with Crippen molar-refractivity contribution < 1.29 is 13.5 Å². The van der Waals surface area contributed by atoms with E-state index < -0.39 is 13.0 Å². The molecule has 0 aliphatic carbocycles. The molecule has 0 unspecified atom stereocenters. The minimum atomic E-state index is -2.56. The van der Waals surface area contributed by atoms with E-state index in [0.717, 1.165) is 0 Å². The highest BCUT2D eigenvalue weighted by Crippen LogP contribution is 2.23. The Bertz CT molecular complexity index is 662. The fourth-order valence-corrected chi connectivity index (χ4v) is 1.44. The highest BCUT2D eigenvalue weighted by Gasteiger charge is 2.09. The zero-order valence-electron chi connectivity index (χ0n) is 11.0. The molecular formula is C14H10F2N4O. The minimum Gasteiger partial charge on any atom is -0.488 e. The van der Waals surface area contributed by atoms with Crippen LogP contribution in [0.2, 0.25) is 0 Å². The Balaban J connectivity index is 2.97. The number of halogens is 2. The number of nitrogens with zero attached hydrogens (tertiary/aromatic N) is 3. The lowest BCUT2D eigenvalue weighted by Gasteiger charge is -2.11. The van der Waals surface area contributed by atoms with Crippen LogP contribution in [0.1, 0.15) is 5.56 Å². The molecule has 1 aromatic rings. The molecule has 0 aliphatic rings. The Labute approximate surface area is 120 Å². The van der Waals surface area contributed by atoms with Crippen molar-refractivity contribution in [1.29, 1.82) is 15.8 Å². The number of ether oxygens (including phenoxy) is 1. The average Bonchev–Trinajstić information content (AvgIpc) is 2.47. The van der Waals surface area contributed by atoms with Crippen LogP contribution in [0.5, 0.6) is 5.75 Å². The molecule has 0 atom stereocenters. The van der Waals surface area contributed by atoms with Crippen molar-refractivity contribution in [1.82, 2.24) is 0 Å². The molecule has 0 amide bonds. The van der Waals surface area contributed by atoms with E-state index in [1.807, 2.05) is 0 Å². The molecule has 0 aliphatic heterocycles. The van der Waals surface area contributed by atoms with Gasteiger partial charge in [-0.15, -0.1) is 0 Å². The highest BCUT2D eigenvalue weighted by molar-refractivity contribution is 5.62. The zero-order valence-corrected chi connectivity index (χ0v) is 11.0. The van der Waals surface area contributed by atoms with Crippen LogP contribution in [0, 0.1) is 40.9 Å². The van der Waals surface area contributed by atoms with E-state index in [1.54, 1.807) is 25.1 Å². The van der Waals surface area contributed by atoms with E-state index in [4.69, 9.17) is 20.5 Å². The molecule has 1 N–H and O–H groups in total. The summed E-state index contributed by atoms with van der Waals surface area (Å²) in [6.07, 6.45) is -2.56. The predicted molar refractivity (Wildman–Crippen MR) is 70.2 cm³/mol. The van der Waals surface area contributed by atoms with Gasteiger partial charge in [-0.3, -0.25) is 0 Å². The van der Waals surface area contributed by atoms with Crippen LogP contribution >= 0.6 is 0 Å². The highest BCUT2D eigenvalue weighted by atomic mass is 19.3. The van der Waals surface area contributed by atoms with E-state index in [-0.39, 0.29) is 17.0 Å². The molecule has 0 radical (unpaired) electrons. The van der Waals surface area contributed by atoms with E-state index in [9.17, 15) is 8.78 Å². The SMILES string of the molecule is Cc1cc(OCC(F)F)ccc1NC(C#N)=C(C#N)C#N. The van der Waals surface area contributed by atoms with Crippen LogP contribution in [0.25, 0.3) is 0 Å². The second-order valence-corrected chi connectivity index (χ2v) is 3.89. The first-order valence-electron chi connectivity index (χ1n) is 5.75. The van der Waals surface area contributed by atoms with Gasteiger partial charge in [-0.1, -0.05) is 0 Å². The van der Waals surface area contributed by atoms with Gasteiger partial charge < -0.3 is 10.1 Å². The van der Waals surface area contributed by atoms with Crippen LogP contribution in [0.4, 0.5) is 14.5 Å². The van der Waals surface area contributed by atoms with Crippen LogP contribution in [-0.2, 0) is 0 Å². The maximum atomic E-state index is 12.0. The molecule has 0 bridgehead atoms. The summed E-state index contributed by atoms with van der Waals surface area (Å²) < 4.78 is 29.0. The third kappa shape index (κ3) is 4.49. The molecule has 7 heteroatoms. The first kappa shape index (κ1) is 15.9. The van der Waals surface area contributed by atoms with Gasteiger partial charge in [0, 0.05) is 5.69 Å². The van der Waals surface area contributed by atoms with Crippen molar-refractivity contribution in [2.75, 3.05) is 11.9 Å². The predicted octanol–water partition coefficient (Wildman–Crippen LogP) is 2.88. The molecule has 21 heavy (non-hydrogen) atoms. The van der Waals surface area contributed by atoms with Crippen molar-refractivity contribution in [3.63, 3.8) is 0 Å². The van der Waals surface area contributed by atoms with E-state index in [1.165, 1.54) is 18.2 Å². The van der Waals surface area contributed by atoms with E-state index in [0.29, 0.717) is 11.3 Å². The monoisotopic (exact) mass is 288 g/mol. The summed E-state index contributed by atoms with van der Waals surface area (Å²) in [7, 11) is 0. The lowest BCUT2D eigenvalue weighted by molar-refractivity contribution is 0.0819. The Hall–Kier alpha value is -3.11. The van der Waals surface area contributed by atoms with Gasteiger partial charge in [0.1, 0.15) is 36.3 Å². The quantitative estimate of drug-likeness (QED) is 0.841. The molecule has 5 nitrogen and oxygen atoms in total.